The third-order valence-electron chi connectivity index (χ3n) is 2.71. The number of hydrogen-bond acceptors (Lipinski definition) is 4. The Morgan fingerprint density at radius 1 is 1.11 bits per heavy atom. The molecule has 0 spiro atoms. The lowest BCUT2D eigenvalue weighted by Gasteiger charge is -2.19. The molecular formula is C14H22N2O3. The zero-order chi connectivity index (χ0) is 14.3. The smallest absolute Gasteiger partial charge is 0.236 e. The Morgan fingerprint density at radius 3 is 2.21 bits per heavy atom. The highest BCUT2D eigenvalue weighted by atomic mass is 16.5. The number of methoxy groups -OCH3 is 1. The summed E-state index contributed by atoms with van der Waals surface area (Å²) in [6.07, 6.45) is 0. The highest BCUT2D eigenvalue weighted by Crippen LogP contribution is 2.16. The Hall–Kier alpha value is -1.75. The number of carbonyl (C=O) groups excluding carboxylic acids is 1. The van der Waals surface area contributed by atoms with Gasteiger partial charge in [0.15, 0.2) is 0 Å². The minimum absolute atomic E-state index is 0.0898. The molecule has 0 fully saturated rings. The van der Waals surface area contributed by atoms with Crippen molar-refractivity contribution in [2.24, 2.45) is 0 Å². The molecular weight excluding hydrogens is 244 g/mol. The predicted molar refractivity (Wildman–Crippen MR) is 74.7 cm³/mol. The second-order valence-electron chi connectivity index (χ2n) is 4.55. The van der Waals surface area contributed by atoms with E-state index in [2.05, 4.69) is 0 Å². The Balaban J connectivity index is 2.27. The van der Waals surface area contributed by atoms with Gasteiger partial charge in [0.25, 0.3) is 0 Å². The number of nitrogens with zero attached hydrogens (tertiary/aromatic N) is 2. The molecule has 0 unspecified atom stereocenters. The number of carbonyl (C=O) groups is 1. The van der Waals surface area contributed by atoms with E-state index in [0.717, 1.165) is 11.5 Å². The summed E-state index contributed by atoms with van der Waals surface area (Å²) >= 11 is 0. The predicted octanol–water partition coefficient (Wildman–Crippen LogP) is 1.09. The van der Waals surface area contributed by atoms with E-state index >= 15 is 0 Å². The van der Waals surface area contributed by atoms with Crippen LogP contribution >= 0.6 is 0 Å². The van der Waals surface area contributed by atoms with Crippen molar-refractivity contribution in [3.8, 4) is 11.5 Å². The molecule has 5 nitrogen and oxygen atoms in total. The number of hydrogen-bond donors (Lipinski definition) is 0. The highest BCUT2D eigenvalue weighted by Gasteiger charge is 2.08. The molecule has 19 heavy (non-hydrogen) atoms. The topological polar surface area (TPSA) is 42.0 Å². The summed E-state index contributed by atoms with van der Waals surface area (Å²) < 4.78 is 10.7. The molecule has 1 aromatic carbocycles. The first-order valence-electron chi connectivity index (χ1n) is 6.18. The van der Waals surface area contributed by atoms with Crippen molar-refractivity contribution in [1.29, 1.82) is 0 Å². The highest BCUT2D eigenvalue weighted by molar-refractivity contribution is 5.77. The van der Waals surface area contributed by atoms with Gasteiger partial charge in [0.1, 0.15) is 18.1 Å². The van der Waals surface area contributed by atoms with Crippen LogP contribution in [0.5, 0.6) is 11.5 Å². The van der Waals surface area contributed by atoms with Gasteiger partial charge in [0.2, 0.25) is 5.91 Å². The van der Waals surface area contributed by atoms with Gasteiger partial charge in [-0.05, 0) is 31.3 Å². The standard InChI is InChI=1S/C14H22N2O3/c1-15(2)14(17)11-16(3)9-10-19-13-7-5-12(18-4)6-8-13/h5-8H,9-11H2,1-4H3. The SMILES string of the molecule is COc1ccc(OCCN(C)CC(=O)N(C)C)cc1. The summed E-state index contributed by atoms with van der Waals surface area (Å²) in [7, 11) is 7.04. The number of benzene rings is 1. The number of amides is 1. The summed E-state index contributed by atoms with van der Waals surface area (Å²) in [5.41, 5.74) is 0. The lowest BCUT2D eigenvalue weighted by molar-refractivity contribution is -0.129. The molecule has 0 saturated carbocycles. The van der Waals surface area contributed by atoms with Gasteiger partial charge in [-0.25, -0.2) is 0 Å². The molecule has 0 saturated heterocycles. The van der Waals surface area contributed by atoms with Crippen molar-refractivity contribution in [2.75, 3.05) is 47.9 Å². The first-order valence-corrected chi connectivity index (χ1v) is 6.18. The van der Waals surface area contributed by atoms with E-state index in [-0.39, 0.29) is 5.91 Å². The van der Waals surface area contributed by atoms with Crippen molar-refractivity contribution in [1.82, 2.24) is 9.80 Å². The van der Waals surface area contributed by atoms with Gasteiger partial charge in [-0.1, -0.05) is 0 Å². The maximum absolute atomic E-state index is 11.5. The first kappa shape index (κ1) is 15.3. The Labute approximate surface area is 114 Å². The van der Waals surface area contributed by atoms with Gasteiger partial charge in [0.05, 0.1) is 13.7 Å². The van der Waals surface area contributed by atoms with Crippen molar-refractivity contribution in [3.63, 3.8) is 0 Å². The fourth-order valence-corrected chi connectivity index (χ4v) is 1.44. The van der Waals surface area contributed by atoms with Crippen molar-refractivity contribution in [3.05, 3.63) is 24.3 Å². The van der Waals surface area contributed by atoms with Crippen molar-refractivity contribution >= 4 is 5.91 Å². The van der Waals surface area contributed by atoms with Crippen LogP contribution in [0.2, 0.25) is 0 Å². The molecule has 0 aliphatic carbocycles. The fraction of sp³-hybridized carbons (Fsp3) is 0.500. The molecule has 1 rings (SSSR count). The lowest BCUT2D eigenvalue weighted by Crippen LogP contribution is -2.36. The molecule has 1 aromatic rings. The van der Waals surface area contributed by atoms with Gasteiger partial charge in [-0.15, -0.1) is 0 Å². The zero-order valence-corrected chi connectivity index (χ0v) is 12.0. The second-order valence-corrected chi connectivity index (χ2v) is 4.55. The fourth-order valence-electron chi connectivity index (χ4n) is 1.44. The van der Waals surface area contributed by atoms with Crippen LogP contribution in [0.1, 0.15) is 0 Å². The Kier molecular flexibility index (Phi) is 6.15. The van der Waals surface area contributed by atoms with Gasteiger partial charge < -0.3 is 14.4 Å². The second kappa shape index (κ2) is 7.63. The van der Waals surface area contributed by atoms with Crippen LogP contribution < -0.4 is 9.47 Å². The normalized spacial score (nSPS) is 10.4. The van der Waals surface area contributed by atoms with Crippen LogP contribution in [0.3, 0.4) is 0 Å². The van der Waals surface area contributed by atoms with Crippen LogP contribution in [0.25, 0.3) is 0 Å². The van der Waals surface area contributed by atoms with Gasteiger partial charge >= 0.3 is 0 Å². The third kappa shape index (κ3) is 5.61. The quantitative estimate of drug-likeness (QED) is 0.741. The Bertz CT molecular complexity index is 390. The summed E-state index contributed by atoms with van der Waals surface area (Å²) in [5, 5.41) is 0. The van der Waals surface area contributed by atoms with Gasteiger partial charge in [-0.2, -0.15) is 0 Å². The molecule has 0 radical (unpaired) electrons. The zero-order valence-electron chi connectivity index (χ0n) is 12.0. The average molecular weight is 266 g/mol. The molecule has 0 bridgehead atoms. The third-order valence-corrected chi connectivity index (χ3v) is 2.71. The van der Waals surface area contributed by atoms with Crippen LogP contribution in [0.4, 0.5) is 0 Å². The van der Waals surface area contributed by atoms with Crippen LogP contribution in [-0.4, -0.2) is 63.7 Å². The largest absolute Gasteiger partial charge is 0.497 e. The average Bonchev–Trinajstić information content (AvgIpc) is 2.39. The summed E-state index contributed by atoms with van der Waals surface area (Å²) in [6.45, 7) is 1.65. The minimum atomic E-state index is 0.0898. The summed E-state index contributed by atoms with van der Waals surface area (Å²) in [5.74, 6) is 1.70. The van der Waals surface area contributed by atoms with E-state index < -0.39 is 0 Å². The van der Waals surface area contributed by atoms with Crippen LogP contribution in [-0.2, 0) is 4.79 Å². The molecule has 5 heteroatoms. The van der Waals surface area contributed by atoms with E-state index in [1.54, 1.807) is 26.1 Å². The van der Waals surface area contributed by atoms with E-state index in [4.69, 9.17) is 9.47 Å². The molecule has 0 atom stereocenters. The molecule has 0 aromatic heterocycles. The molecule has 0 N–H and O–H groups in total. The lowest BCUT2D eigenvalue weighted by atomic mass is 10.3. The summed E-state index contributed by atoms with van der Waals surface area (Å²) in [6, 6.07) is 7.44. The van der Waals surface area contributed by atoms with Crippen molar-refractivity contribution < 1.29 is 14.3 Å². The van der Waals surface area contributed by atoms with Gasteiger partial charge in [-0.3, -0.25) is 9.69 Å². The minimum Gasteiger partial charge on any atom is -0.497 e. The van der Waals surface area contributed by atoms with Crippen LogP contribution in [0.15, 0.2) is 24.3 Å². The van der Waals surface area contributed by atoms with E-state index in [0.29, 0.717) is 19.7 Å². The van der Waals surface area contributed by atoms with Gasteiger partial charge in [0, 0.05) is 20.6 Å². The molecule has 106 valence electrons. The molecule has 0 heterocycles. The van der Waals surface area contributed by atoms with Crippen LogP contribution in [0, 0.1) is 0 Å². The van der Waals surface area contributed by atoms with Crippen molar-refractivity contribution in [2.45, 2.75) is 0 Å². The molecule has 0 aliphatic rings. The number of ether oxygens (including phenoxy) is 2. The van der Waals surface area contributed by atoms with E-state index in [1.807, 2.05) is 36.2 Å². The Morgan fingerprint density at radius 2 is 1.68 bits per heavy atom. The number of likely N-dealkylation sites (N-methyl/N-ethyl adjacent to an activating group) is 2. The number of rotatable bonds is 7. The maximum Gasteiger partial charge on any atom is 0.236 e. The van der Waals surface area contributed by atoms with E-state index in [9.17, 15) is 4.79 Å². The molecule has 0 aliphatic heterocycles. The summed E-state index contributed by atoms with van der Waals surface area (Å²) in [4.78, 5) is 15.0. The van der Waals surface area contributed by atoms with E-state index in [1.165, 1.54) is 0 Å². The maximum atomic E-state index is 11.5. The monoisotopic (exact) mass is 266 g/mol. The molecule has 1 amide bonds. The first-order chi connectivity index (χ1) is 9.02.